The minimum atomic E-state index is -0.844. The highest BCUT2D eigenvalue weighted by Gasteiger charge is 2.19. The molecule has 0 aromatic carbocycles. The van der Waals surface area contributed by atoms with Gasteiger partial charge < -0.3 is 14.2 Å². The van der Waals surface area contributed by atoms with Gasteiger partial charge in [-0.05, 0) is 122 Å². The summed E-state index contributed by atoms with van der Waals surface area (Å²) >= 11 is 0. The van der Waals surface area contributed by atoms with Crippen LogP contribution < -0.4 is 0 Å². The average Bonchev–Trinajstić information content (AvgIpc) is 3.37. The van der Waals surface area contributed by atoms with Gasteiger partial charge in [0.05, 0.1) is 6.42 Å². The monoisotopic (exact) mass is 979 g/mol. The van der Waals surface area contributed by atoms with E-state index in [1.165, 1.54) is 51.4 Å². The summed E-state index contributed by atoms with van der Waals surface area (Å²) in [6, 6.07) is 0. The predicted octanol–water partition coefficient (Wildman–Crippen LogP) is 19.2. The van der Waals surface area contributed by atoms with E-state index >= 15 is 0 Å². The Morgan fingerprint density at radius 1 is 0.310 bits per heavy atom. The van der Waals surface area contributed by atoms with Crippen molar-refractivity contribution in [3.05, 3.63) is 146 Å². The van der Waals surface area contributed by atoms with Gasteiger partial charge in [0.2, 0.25) is 0 Å². The average molecular weight is 980 g/mol. The molecule has 0 radical (unpaired) electrons. The van der Waals surface area contributed by atoms with Crippen molar-refractivity contribution in [2.24, 2.45) is 0 Å². The van der Waals surface area contributed by atoms with Crippen LogP contribution in [0, 0.1) is 0 Å². The molecule has 0 aliphatic rings. The van der Waals surface area contributed by atoms with Crippen molar-refractivity contribution < 1.29 is 28.6 Å². The maximum absolute atomic E-state index is 12.8. The summed E-state index contributed by atoms with van der Waals surface area (Å²) in [4.78, 5) is 38.1. The van der Waals surface area contributed by atoms with E-state index in [9.17, 15) is 14.4 Å². The maximum atomic E-state index is 12.8. The lowest BCUT2D eigenvalue weighted by Gasteiger charge is -2.18. The summed E-state index contributed by atoms with van der Waals surface area (Å²) < 4.78 is 16.7. The number of ether oxygens (including phenoxy) is 3. The van der Waals surface area contributed by atoms with E-state index in [-0.39, 0.29) is 38.0 Å². The summed E-state index contributed by atoms with van der Waals surface area (Å²) in [6.45, 7) is 6.26. The Balaban J connectivity index is 4.57. The second kappa shape index (κ2) is 57.9. The molecule has 398 valence electrons. The summed E-state index contributed by atoms with van der Waals surface area (Å²) in [6.07, 6.45) is 82.9. The van der Waals surface area contributed by atoms with E-state index in [0.29, 0.717) is 6.42 Å². The molecule has 0 amide bonds. The molecule has 0 aromatic heterocycles. The van der Waals surface area contributed by atoms with Crippen LogP contribution in [0.2, 0.25) is 0 Å². The van der Waals surface area contributed by atoms with Crippen molar-refractivity contribution in [1.29, 1.82) is 0 Å². The molecule has 1 atom stereocenters. The molecule has 6 nitrogen and oxygen atoms in total. The summed E-state index contributed by atoms with van der Waals surface area (Å²) in [5.74, 6) is -1.11. The van der Waals surface area contributed by atoms with Crippen LogP contribution in [0.4, 0.5) is 0 Å². The van der Waals surface area contributed by atoms with Crippen LogP contribution in [0.1, 0.15) is 226 Å². The third-order valence-electron chi connectivity index (χ3n) is 11.3. The van der Waals surface area contributed by atoms with Crippen LogP contribution in [-0.4, -0.2) is 37.2 Å². The molecule has 6 heteroatoms. The molecule has 0 rings (SSSR count). The molecule has 0 aromatic rings. The molecule has 1 unspecified atom stereocenters. The van der Waals surface area contributed by atoms with Crippen LogP contribution >= 0.6 is 0 Å². The Bertz CT molecular complexity index is 1590. The van der Waals surface area contributed by atoms with E-state index < -0.39 is 12.1 Å². The predicted molar refractivity (Wildman–Crippen MR) is 306 cm³/mol. The van der Waals surface area contributed by atoms with Gasteiger partial charge >= 0.3 is 17.9 Å². The number of hydrogen-bond donors (Lipinski definition) is 0. The third kappa shape index (κ3) is 56.1. The fourth-order valence-electron chi connectivity index (χ4n) is 7.16. The standard InChI is InChI=1S/C65H102O6/c1-4-7-10-13-16-19-22-25-28-30-31-32-33-35-37-40-43-46-49-52-55-58-64(67)70-61-62(60-69-63(66)57-54-51-48-45-42-39-36-27-24-21-18-15-12-9-6-3)71-65(68)59-56-53-50-47-44-41-38-34-29-26-23-20-17-14-11-8-5-2/h8-9,11-12,17-18,20-22,25-27,29-31,33,35-36,38,41-42,45,51,54,62H,4-7,10,13-16,19,23-24,28,32,34,37,39-40,43-44,46-50,52-53,55-61H2,1-3H3/b11-8-,12-9-,20-17-,21-18-,25-22-,29-26-,31-30-,35-33-,36-27-,41-38-,45-42-,54-51-. The van der Waals surface area contributed by atoms with E-state index in [1.54, 1.807) is 6.08 Å². The van der Waals surface area contributed by atoms with Crippen molar-refractivity contribution in [1.82, 2.24) is 0 Å². The molecule has 0 fully saturated rings. The van der Waals surface area contributed by atoms with E-state index in [4.69, 9.17) is 14.2 Å². The summed E-state index contributed by atoms with van der Waals surface area (Å²) in [7, 11) is 0. The van der Waals surface area contributed by atoms with Gasteiger partial charge in [-0.3, -0.25) is 14.4 Å². The van der Waals surface area contributed by atoms with E-state index in [2.05, 4.69) is 154 Å². The van der Waals surface area contributed by atoms with E-state index in [0.717, 1.165) is 135 Å². The van der Waals surface area contributed by atoms with Gasteiger partial charge in [-0.25, -0.2) is 0 Å². The lowest BCUT2D eigenvalue weighted by Crippen LogP contribution is -2.30. The molecule has 0 N–H and O–H groups in total. The Hall–Kier alpha value is -4.71. The van der Waals surface area contributed by atoms with Crippen molar-refractivity contribution in [3.8, 4) is 0 Å². The number of esters is 3. The number of unbranched alkanes of at least 4 members (excludes halogenated alkanes) is 15. The first-order valence-corrected chi connectivity index (χ1v) is 28.3. The second-order valence-corrected chi connectivity index (χ2v) is 18.1. The zero-order chi connectivity index (χ0) is 51.4. The highest BCUT2D eigenvalue weighted by molar-refractivity contribution is 5.72. The molecule has 0 bridgehead atoms. The molecule has 0 saturated heterocycles. The molecule has 0 aliphatic carbocycles. The van der Waals surface area contributed by atoms with Crippen LogP contribution in [0.15, 0.2) is 146 Å². The van der Waals surface area contributed by atoms with Crippen LogP contribution in [-0.2, 0) is 28.6 Å². The van der Waals surface area contributed by atoms with Crippen LogP contribution in [0.3, 0.4) is 0 Å². The SMILES string of the molecule is CC/C=C\C/C=C\C/C=C\C/C=C\C/C=C\CC(=O)OCC(COC(=O)CCCCCCCC/C=C\C/C=C\C/C=C\CCCCCCC)OC(=O)CCCCCC/C=C\C/C=C\C/C=C\C/C=C\CC. The van der Waals surface area contributed by atoms with Gasteiger partial charge in [0.1, 0.15) is 13.2 Å². The Morgan fingerprint density at radius 2 is 0.606 bits per heavy atom. The Labute approximate surface area is 436 Å². The zero-order valence-corrected chi connectivity index (χ0v) is 45.4. The van der Waals surface area contributed by atoms with Crippen molar-refractivity contribution in [2.75, 3.05) is 13.2 Å². The topological polar surface area (TPSA) is 78.9 Å². The molecule has 0 heterocycles. The molecule has 71 heavy (non-hydrogen) atoms. The molecule has 0 spiro atoms. The lowest BCUT2D eigenvalue weighted by atomic mass is 10.1. The number of hydrogen-bond acceptors (Lipinski definition) is 6. The molecule has 0 saturated carbocycles. The molecule has 0 aliphatic heterocycles. The van der Waals surface area contributed by atoms with Crippen molar-refractivity contribution in [2.45, 2.75) is 232 Å². The Kier molecular flexibility index (Phi) is 54.0. The fraction of sp³-hybridized carbons (Fsp3) is 0.585. The fourth-order valence-corrected chi connectivity index (χ4v) is 7.16. The van der Waals surface area contributed by atoms with Gasteiger partial charge in [-0.2, -0.15) is 0 Å². The van der Waals surface area contributed by atoms with Gasteiger partial charge in [0.15, 0.2) is 6.10 Å². The normalized spacial score (nSPS) is 13.2. The van der Waals surface area contributed by atoms with Gasteiger partial charge in [-0.15, -0.1) is 0 Å². The second-order valence-electron chi connectivity index (χ2n) is 18.1. The Morgan fingerprint density at radius 3 is 0.986 bits per heavy atom. The number of rotatable bonds is 49. The van der Waals surface area contributed by atoms with Crippen LogP contribution in [0.5, 0.6) is 0 Å². The first-order chi connectivity index (χ1) is 35.0. The lowest BCUT2D eigenvalue weighted by molar-refractivity contribution is -0.166. The first-order valence-electron chi connectivity index (χ1n) is 28.3. The largest absolute Gasteiger partial charge is 0.462 e. The first kappa shape index (κ1) is 66.3. The van der Waals surface area contributed by atoms with Gasteiger partial charge in [0, 0.05) is 12.8 Å². The van der Waals surface area contributed by atoms with Crippen molar-refractivity contribution in [3.63, 3.8) is 0 Å². The summed E-state index contributed by atoms with van der Waals surface area (Å²) in [5, 5.41) is 0. The van der Waals surface area contributed by atoms with Crippen molar-refractivity contribution >= 4 is 17.9 Å². The number of carbonyl (C=O) groups is 3. The summed E-state index contributed by atoms with van der Waals surface area (Å²) in [5.41, 5.74) is 0. The van der Waals surface area contributed by atoms with Crippen LogP contribution in [0.25, 0.3) is 0 Å². The minimum Gasteiger partial charge on any atom is -0.462 e. The smallest absolute Gasteiger partial charge is 0.309 e. The molecular weight excluding hydrogens is 877 g/mol. The molecular formula is C65H102O6. The maximum Gasteiger partial charge on any atom is 0.309 e. The van der Waals surface area contributed by atoms with E-state index in [1.807, 2.05) is 6.08 Å². The van der Waals surface area contributed by atoms with Gasteiger partial charge in [-0.1, -0.05) is 231 Å². The highest BCUT2D eigenvalue weighted by Crippen LogP contribution is 2.12. The highest BCUT2D eigenvalue weighted by atomic mass is 16.6. The number of allylic oxidation sites excluding steroid dienone is 23. The third-order valence-corrected chi connectivity index (χ3v) is 11.3. The minimum absolute atomic E-state index is 0.112. The zero-order valence-electron chi connectivity index (χ0n) is 45.4. The van der Waals surface area contributed by atoms with Gasteiger partial charge in [0.25, 0.3) is 0 Å². The number of carbonyl (C=O) groups excluding carboxylic acids is 3. The quantitative estimate of drug-likeness (QED) is 0.0262.